The first-order valence-corrected chi connectivity index (χ1v) is 6.59. The average Bonchev–Trinajstić information content (AvgIpc) is 2.16. The number of carboxylic acids is 1. The molecule has 5 nitrogen and oxygen atoms in total. The van der Waals surface area contributed by atoms with Crippen molar-refractivity contribution in [2.45, 2.75) is 24.0 Å². The third-order valence-electron chi connectivity index (χ3n) is 2.50. The standard InChI is InChI=1S/C11H15NO4S/c1-7-3-4-9(8(2)5-7)17(15,16)10(6-12)11(13)14/h3-5,10H,6,12H2,1-2H3,(H,13,14). The van der Waals surface area contributed by atoms with Crippen LogP contribution in [0.3, 0.4) is 0 Å². The van der Waals surface area contributed by atoms with Crippen LogP contribution in [-0.4, -0.2) is 31.3 Å². The number of carbonyl (C=O) groups is 1. The monoisotopic (exact) mass is 257 g/mol. The van der Waals surface area contributed by atoms with Crippen molar-refractivity contribution in [1.29, 1.82) is 0 Å². The maximum atomic E-state index is 12.1. The normalized spacial score (nSPS) is 13.4. The Morgan fingerprint density at radius 3 is 2.41 bits per heavy atom. The second-order valence-electron chi connectivity index (χ2n) is 3.88. The Balaban J connectivity index is 3.35. The van der Waals surface area contributed by atoms with Crippen LogP contribution in [0.25, 0.3) is 0 Å². The van der Waals surface area contributed by atoms with E-state index in [1.165, 1.54) is 6.07 Å². The zero-order valence-electron chi connectivity index (χ0n) is 9.67. The summed E-state index contributed by atoms with van der Waals surface area (Å²) in [6.45, 7) is 3.03. The smallest absolute Gasteiger partial charge is 0.323 e. The zero-order chi connectivity index (χ0) is 13.2. The largest absolute Gasteiger partial charge is 0.480 e. The van der Waals surface area contributed by atoms with Gasteiger partial charge in [0.25, 0.3) is 0 Å². The molecule has 3 N–H and O–H groups in total. The molecule has 94 valence electrons. The van der Waals surface area contributed by atoms with E-state index in [4.69, 9.17) is 10.8 Å². The fourth-order valence-corrected chi connectivity index (χ4v) is 3.22. The molecule has 0 radical (unpaired) electrons. The number of nitrogens with two attached hydrogens (primary N) is 1. The number of sulfone groups is 1. The van der Waals surface area contributed by atoms with Crippen molar-refractivity contribution in [3.8, 4) is 0 Å². The van der Waals surface area contributed by atoms with E-state index in [1.807, 2.05) is 6.92 Å². The molecule has 1 unspecified atom stereocenters. The van der Waals surface area contributed by atoms with Crippen molar-refractivity contribution in [3.63, 3.8) is 0 Å². The molecule has 0 aliphatic rings. The lowest BCUT2D eigenvalue weighted by Gasteiger charge is -2.13. The molecule has 0 amide bonds. The Kier molecular flexibility index (Phi) is 3.90. The van der Waals surface area contributed by atoms with Gasteiger partial charge in [0.05, 0.1) is 4.90 Å². The van der Waals surface area contributed by atoms with Crippen LogP contribution in [0.4, 0.5) is 0 Å². The van der Waals surface area contributed by atoms with Gasteiger partial charge in [-0.15, -0.1) is 0 Å². The number of hydrogen-bond acceptors (Lipinski definition) is 4. The van der Waals surface area contributed by atoms with Crippen molar-refractivity contribution in [3.05, 3.63) is 29.3 Å². The molecule has 0 saturated heterocycles. The van der Waals surface area contributed by atoms with Gasteiger partial charge < -0.3 is 10.8 Å². The lowest BCUT2D eigenvalue weighted by atomic mass is 10.2. The lowest BCUT2D eigenvalue weighted by molar-refractivity contribution is -0.136. The molecule has 6 heteroatoms. The fraction of sp³-hybridized carbons (Fsp3) is 0.364. The maximum Gasteiger partial charge on any atom is 0.323 e. The average molecular weight is 257 g/mol. The summed E-state index contributed by atoms with van der Waals surface area (Å²) in [6, 6.07) is 4.75. The van der Waals surface area contributed by atoms with Gasteiger partial charge in [-0.1, -0.05) is 17.7 Å². The van der Waals surface area contributed by atoms with E-state index < -0.39 is 27.6 Å². The molecule has 0 heterocycles. The molecule has 1 rings (SSSR count). The summed E-state index contributed by atoms with van der Waals surface area (Å²) in [5.41, 5.74) is 6.67. The summed E-state index contributed by atoms with van der Waals surface area (Å²) in [6.07, 6.45) is 0. The van der Waals surface area contributed by atoms with Gasteiger partial charge in [-0.3, -0.25) is 4.79 Å². The quantitative estimate of drug-likeness (QED) is 0.818. The summed E-state index contributed by atoms with van der Waals surface area (Å²) in [4.78, 5) is 10.9. The number of aryl methyl sites for hydroxylation is 2. The van der Waals surface area contributed by atoms with Gasteiger partial charge in [0.15, 0.2) is 15.1 Å². The van der Waals surface area contributed by atoms with E-state index in [1.54, 1.807) is 19.1 Å². The van der Waals surface area contributed by atoms with Gasteiger partial charge in [0.2, 0.25) is 0 Å². The molecule has 0 aliphatic heterocycles. The molecule has 1 atom stereocenters. The first-order valence-electron chi connectivity index (χ1n) is 5.04. The van der Waals surface area contributed by atoms with Crippen molar-refractivity contribution in [2.75, 3.05) is 6.54 Å². The van der Waals surface area contributed by atoms with Crippen LogP contribution < -0.4 is 5.73 Å². The van der Waals surface area contributed by atoms with Crippen molar-refractivity contribution >= 4 is 15.8 Å². The first kappa shape index (κ1) is 13.7. The van der Waals surface area contributed by atoms with Crippen molar-refractivity contribution < 1.29 is 18.3 Å². The zero-order valence-corrected chi connectivity index (χ0v) is 10.5. The van der Waals surface area contributed by atoms with Gasteiger partial charge in [-0.2, -0.15) is 0 Å². The van der Waals surface area contributed by atoms with E-state index in [0.717, 1.165) is 5.56 Å². The predicted molar refractivity (Wildman–Crippen MR) is 63.6 cm³/mol. The second-order valence-corrected chi connectivity index (χ2v) is 5.98. The molecule has 0 aliphatic carbocycles. The highest BCUT2D eigenvalue weighted by Crippen LogP contribution is 2.21. The molecule has 0 fully saturated rings. The van der Waals surface area contributed by atoms with E-state index in [-0.39, 0.29) is 4.90 Å². The minimum absolute atomic E-state index is 0.0287. The molecular formula is C11H15NO4S. The Morgan fingerprint density at radius 2 is 2.00 bits per heavy atom. The number of aliphatic carboxylic acids is 1. The molecule has 1 aromatic carbocycles. The number of benzene rings is 1. The van der Waals surface area contributed by atoms with Crippen molar-refractivity contribution in [1.82, 2.24) is 0 Å². The summed E-state index contributed by atoms with van der Waals surface area (Å²) >= 11 is 0. The summed E-state index contributed by atoms with van der Waals surface area (Å²) in [5.74, 6) is -1.42. The predicted octanol–water partition coefficient (Wildman–Crippen LogP) is 0.489. The minimum atomic E-state index is -3.92. The van der Waals surface area contributed by atoms with Gasteiger partial charge >= 0.3 is 5.97 Å². The molecule has 1 aromatic rings. The van der Waals surface area contributed by atoms with Crippen molar-refractivity contribution in [2.24, 2.45) is 5.73 Å². The fourth-order valence-electron chi connectivity index (χ4n) is 1.63. The summed E-state index contributed by atoms with van der Waals surface area (Å²) < 4.78 is 24.2. The van der Waals surface area contributed by atoms with Crippen LogP contribution >= 0.6 is 0 Å². The molecule has 0 spiro atoms. The van der Waals surface area contributed by atoms with Gasteiger partial charge in [-0.25, -0.2) is 8.42 Å². The van der Waals surface area contributed by atoms with Crippen LogP contribution in [-0.2, 0) is 14.6 Å². The van der Waals surface area contributed by atoms with Crippen LogP contribution in [0.1, 0.15) is 11.1 Å². The Hall–Kier alpha value is -1.40. The lowest BCUT2D eigenvalue weighted by Crippen LogP contribution is -2.37. The van der Waals surface area contributed by atoms with Crippen LogP contribution in [0.2, 0.25) is 0 Å². The highest BCUT2D eigenvalue weighted by Gasteiger charge is 2.33. The molecular weight excluding hydrogens is 242 g/mol. The Bertz CT molecular complexity index is 536. The summed E-state index contributed by atoms with van der Waals surface area (Å²) in [5, 5.41) is 7.26. The molecule has 0 aromatic heterocycles. The van der Waals surface area contributed by atoms with Crippen LogP contribution in [0.5, 0.6) is 0 Å². The molecule has 17 heavy (non-hydrogen) atoms. The number of hydrogen-bond donors (Lipinski definition) is 2. The maximum absolute atomic E-state index is 12.1. The van der Waals surface area contributed by atoms with Gasteiger partial charge in [0.1, 0.15) is 0 Å². The Morgan fingerprint density at radius 1 is 1.41 bits per heavy atom. The van der Waals surface area contributed by atoms with E-state index in [0.29, 0.717) is 5.56 Å². The second kappa shape index (κ2) is 4.85. The number of carboxylic acid groups (broad SMARTS) is 1. The van der Waals surface area contributed by atoms with Gasteiger partial charge in [0, 0.05) is 6.54 Å². The molecule has 0 bridgehead atoms. The van der Waals surface area contributed by atoms with Gasteiger partial charge in [-0.05, 0) is 25.5 Å². The topological polar surface area (TPSA) is 97.5 Å². The van der Waals surface area contributed by atoms with Crippen LogP contribution in [0, 0.1) is 13.8 Å². The highest BCUT2D eigenvalue weighted by atomic mass is 32.2. The van der Waals surface area contributed by atoms with E-state index in [2.05, 4.69) is 0 Å². The SMILES string of the molecule is Cc1ccc(S(=O)(=O)C(CN)C(=O)O)c(C)c1. The van der Waals surface area contributed by atoms with Crippen LogP contribution in [0.15, 0.2) is 23.1 Å². The summed E-state index contributed by atoms with van der Waals surface area (Å²) in [7, 11) is -3.92. The van der Waals surface area contributed by atoms with E-state index >= 15 is 0 Å². The molecule has 0 saturated carbocycles. The third-order valence-corrected chi connectivity index (χ3v) is 4.72. The highest BCUT2D eigenvalue weighted by molar-refractivity contribution is 7.92. The Labute approximate surface area is 100 Å². The third kappa shape index (κ3) is 2.65. The first-order chi connectivity index (χ1) is 7.80. The van der Waals surface area contributed by atoms with E-state index in [9.17, 15) is 13.2 Å². The minimum Gasteiger partial charge on any atom is -0.480 e. The number of rotatable bonds is 4.